The minimum Gasteiger partial charge on any atom is -0.399 e. The van der Waals surface area contributed by atoms with Gasteiger partial charge in [0.1, 0.15) is 0 Å². The van der Waals surface area contributed by atoms with E-state index >= 15 is 0 Å². The van der Waals surface area contributed by atoms with Crippen LogP contribution >= 0.6 is 0 Å². The minimum absolute atomic E-state index is 0.263. The van der Waals surface area contributed by atoms with Crippen LogP contribution in [0.25, 0.3) is 0 Å². The lowest BCUT2D eigenvalue weighted by Gasteiger charge is -2.32. The largest absolute Gasteiger partial charge is 0.494 e. The van der Waals surface area contributed by atoms with Crippen molar-refractivity contribution in [2.24, 2.45) is 0 Å². The summed E-state index contributed by atoms with van der Waals surface area (Å²) in [5, 5.41) is 0. The van der Waals surface area contributed by atoms with E-state index in [0.717, 1.165) is 5.46 Å². The molecule has 0 radical (unpaired) electrons. The average Bonchev–Trinajstić information content (AvgIpc) is 3.05. The molecule has 2 aliphatic heterocycles. The van der Waals surface area contributed by atoms with Crippen LogP contribution in [0.1, 0.15) is 59.1 Å². The second kappa shape index (κ2) is 5.66. The first kappa shape index (κ1) is 16.0. The monoisotopic (exact) mass is 301 g/mol. The Hall–Kier alpha value is -0.835. The van der Waals surface area contributed by atoms with Crippen LogP contribution in [0.3, 0.4) is 0 Å². The van der Waals surface area contributed by atoms with Crippen LogP contribution in [0.5, 0.6) is 0 Å². The quantitative estimate of drug-likeness (QED) is 0.801. The number of hydrogen-bond donors (Lipinski definition) is 0. The van der Waals surface area contributed by atoms with Gasteiger partial charge in [-0.05, 0) is 71.6 Å². The van der Waals surface area contributed by atoms with Gasteiger partial charge in [0.15, 0.2) is 0 Å². The van der Waals surface area contributed by atoms with Gasteiger partial charge in [0.2, 0.25) is 0 Å². The summed E-state index contributed by atoms with van der Waals surface area (Å²) >= 11 is 0. The zero-order valence-corrected chi connectivity index (χ0v) is 14.6. The molecule has 0 bridgehead atoms. The number of rotatable bonds is 3. The molecule has 0 N–H and O–H groups in total. The fraction of sp³-hybridized carbons (Fsp3) is 0.667. The normalized spacial score (nSPS) is 25.6. The summed E-state index contributed by atoms with van der Waals surface area (Å²) in [7, 11) is -0.263. The van der Waals surface area contributed by atoms with Gasteiger partial charge in [-0.1, -0.05) is 24.3 Å². The van der Waals surface area contributed by atoms with Gasteiger partial charge in [-0.2, -0.15) is 0 Å². The molecule has 0 aliphatic carbocycles. The Morgan fingerprint density at radius 3 is 1.95 bits per heavy atom. The van der Waals surface area contributed by atoms with Gasteiger partial charge >= 0.3 is 7.12 Å². The summed E-state index contributed by atoms with van der Waals surface area (Å²) in [6.07, 6.45) is 2.66. The Labute approximate surface area is 135 Å². The molecular weight excluding hydrogens is 273 g/mol. The molecule has 1 aromatic rings. The van der Waals surface area contributed by atoms with E-state index in [9.17, 15) is 0 Å². The summed E-state index contributed by atoms with van der Waals surface area (Å²) in [5.41, 5.74) is 1.93. The molecule has 2 heterocycles. The van der Waals surface area contributed by atoms with Crippen molar-refractivity contribution in [2.45, 2.75) is 64.7 Å². The predicted molar refractivity (Wildman–Crippen MR) is 91.4 cm³/mol. The van der Waals surface area contributed by atoms with Gasteiger partial charge < -0.3 is 9.31 Å². The van der Waals surface area contributed by atoms with Crippen molar-refractivity contribution < 1.29 is 9.31 Å². The highest BCUT2D eigenvalue weighted by Crippen LogP contribution is 2.36. The third-order valence-electron chi connectivity index (χ3n) is 5.63. The van der Waals surface area contributed by atoms with Crippen LogP contribution < -0.4 is 5.46 Å². The molecule has 0 spiro atoms. The molecule has 2 saturated heterocycles. The lowest BCUT2D eigenvalue weighted by atomic mass is 9.78. The van der Waals surface area contributed by atoms with E-state index in [1.165, 1.54) is 31.5 Å². The standard InChI is InChI=1S/C18H28BNO2/c1-14(20-12-6-7-13-20)15-8-10-16(11-9-15)19-21-17(2,3)18(4,5)22-19/h8-11,14H,6-7,12-13H2,1-5H3. The molecule has 2 aliphatic rings. The fourth-order valence-electron chi connectivity index (χ4n) is 3.25. The number of nitrogens with zero attached hydrogens (tertiary/aromatic N) is 1. The van der Waals surface area contributed by atoms with Gasteiger partial charge in [-0.3, -0.25) is 4.90 Å². The highest BCUT2D eigenvalue weighted by molar-refractivity contribution is 6.62. The van der Waals surface area contributed by atoms with Gasteiger partial charge in [-0.25, -0.2) is 0 Å². The van der Waals surface area contributed by atoms with Gasteiger partial charge in [-0.15, -0.1) is 0 Å². The van der Waals surface area contributed by atoms with Gasteiger partial charge in [0, 0.05) is 6.04 Å². The van der Waals surface area contributed by atoms with Crippen LogP contribution in [-0.2, 0) is 9.31 Å². The highest BCUT2D eigenvalue weighted by atomic mass is 16.7. The third kappa shape index (κ3) is 2.84. The van der Waals surface area contributed by atoms with Crippen molar-refractivity contribution in [1.29, 1.82) is 0 Å². The van der Waals surface area contributed by atoms with Crippen molar-refractivity contribution in [3.8, 4) is 0 Å². The molecule has 3 rings (SSSR count). The predicted octanol–water partition coefficient (Wildman–Crippen LogP) is 3.14. The summed E-state index contributed by atoms with van der Waals surface area (Å²) < 4.78 is 12.2. The second-order valence-corrected chi connectivity index (χ2v) is 7.67. The van der Waals surface area contributed by atoms with Crippen LogP contribution in [0.4, 0.5) is 0 Å². The molecule has 1 atom stereocenters. The molecule has 1 aromatic carbocycles. The highest BCUT2D eigenvalue weighted by Gasteiger charge is 2.51. The molecule has 0 aromatic heterocycles. The van der Waals surface area contributed by atoms with E-state index in [1.54, 1.807) is 0 Å². The summed E-state index contributed by atoms with van der Waals surface area (Å²) in [6, 6.07) is 9.26. The van der Waals surface area contributed by atoms with E-state index in [0.29, 0.717) is 6.04 Å². The first-order valence-corrected chi connectivity index (χ1v) is 8.50. The lowest BCUT2D eigenvalue weighted by Crippen LogP contribution is -2.41. The fourth-order valence-corrected chi connectivity index (χ4v) is 3.25. The van der Waals surface area contributed by atoms with Crippen LogP contribution in [-0.4, -0.2) is 36.3 Å². The maximum atomic E-state index is 6.12. The van der Waals surface area contributed by atoms with E-state index in [-0.39, 0.29) is 18.3 Å². The SMILES string of the molecule is CC(c1ccc(B2OC(C)(C)C(C)(C)O2)cc1)N1CCCC1. The lowest BCUT2D eigenvalue weighted by molar-refractivity contribution is 0.00578. The molecule has 0 saturated carbocycles. The van der Waals surface area contributed by atoms with E-state index < -0.39 is 0 Å². The Morgan fingerprint density at radius 2 is 1.45 bits per heavy atom. The van der Waals surface area contributed by atoms with E-state index in [4.69, 9.17) is 9.31 Å². The Morgan fingerprint density at radius 1 is 0.955 bits per heavy atom. The van der Waals surface area contributed by atoms with Crippen LogP contribution in [0, 0.1) is 0 Å². The third-order valence-corrected chi connectivity index (χ3v) is 5.63. The molecule has 0 amide bonds. The minimum atomic E-state index is -0.279. The van der Waals surface area contributed by atoms with E-state index in [2.05, 4.69) is 63.8 Å². The molecule has 120 valence electrons. The van der Waals surface area contributed by atoms with Crippen LogP contribution in [0.2, 0.25) is 0 Å². The first-order chi connectivity index (χ1) is 10.3. The van der Waals surface area contributed by atoms with Crippen molar-refractivity contribution in [2.75, 3.05) is 13.1 Å². The first-order valence-electron chi connectivity index (χ1n) is 8.50. The second-order valence-electron chi connectivity index (χ2n) is 7.67. The molecule has 2 fully saturated rings. The number of likely N-dealkylation sites (tertiary alicyclic amines) is 1. The Bertz CT molecular complexity index is 504. The Kier molecular flexibility index (Phi) is 4.13. The van der Waals surface area contributed by atoms with Crippen molar-refractivity contribution in [1.82, 2.24) is 4.90 Å². The molecule has 4 heteroatoms. The van der Waals surface area contributed by atoms with Gasteiger partial charge in [0.25, 0.3) is 0 Å². The summed E-state index contributed by atoms with van der Waals surface area (Å²) in [5.74, 6) is 0. The topological polar surface area (TPSA) is 21.7 Å². The van der Waals surface area contributed by atoms with Crippen molar-refractivity contribution >= 4 is 12.6 Å². The number of benzene rings is 1. The van der Waals surface area contributed by atoms with Crippen molar-refractivity contribution in [3.63, 3.8) is 0 Å². The van der Waals surface area contributed by atoms with E-state index in [1.807, 2.05) is 0 Å². The zero-order valence-electron chi connectivity index (χ0n) is 14.6. The summed E-state index contributed by atoms with van der Waals surface area (Å²) in [4.78, 5) is 2.56. The maximum absolute atomic E-state index is 6.12. The number of hydrogen-bond acceptors (Lipinski definition) is 3. The Balaban J connectivity index is 1.72. The van der Waals surface area contributed by atoms with Gasteiger partial charge in [0.05, 0.1) is 11.2 Å². The molecule has 1 unspecified atom stereocenters. The smallest absolute Gasteiger partial charge is 0.399 e. The maximum Gasteiger partial charge on any atom is 0.494 e. The molecule has 22 heavy (non-hydrogen) atoms. The van der Waals surface area contributed by atoms with Crippen LogP contribution in [0.15, 0.2) is 24.3 Å². The van der Waals surface area contributed by atoms with Crippen molar-refractivity contribution in [3.05, 3.63) is 29.8 Å². The molecular formula is C18H28BNO2. The zero-order chi connectivity index (χ0) is 16.0. The molecule has 3 nitrogen and oxygen atoms in total. The average molecular weight is 301 g/mol. The summed E-state index contributed by atoms with van der Waals surface area (Å²) in [6.45, 7) is 13.1.